The van der Waals surface area contributed by atoms with Gasteiger partial charge in [0.1, 0.15) is 0 Å². The minimum absolute atomic E-state index is 0.296. The highest BCUT2D eigenvalue weighted by molar-refractivity contribution is 6.67. The number of carbonyl (C=O) groups excluding carboxylic acids is 1. The van der Waals surface area contributed by atoms with Gasteiger partial charge in [0.25, 0.3) is 11.7 Å². The fourth-order valence-electron chi connectivity index (χ4n) is 0.918. The van der Waals surface area contributed by atoms with E-state index in [1.54, 1.807) is 0 Å². The monoisotopic (exact) mass is 239 g/mol. The highest BCUT2D eigenvalue weighted by Crippen LogP contribution is 2.27. The first-order valence-electron chi connectivity index (χ1n) is 3.69. The van der Waals surface area contributed by atoms with Crippen LogP contribution in [-0.4, -0.2) is 17.3 Å². The number of alkyl halides is 2. The van der Waals surface area contributed by atoms with Crippen molar-refractivity contribution in [3.63, 3.8) is 0 Å². The van der Waals surface area contributed by atoms with E-state index in [-0.39, 0.29) is 5.88 Å². The molecule has 0 radical (unpaired) electrons. The van der Waals surface area contributed by atoms with Crippen molar-refractivity contribution < 1.29 is 22.7 Å². The molecule has 1 aromatic rings. The van der Waals surface area contributed by atoms with Gasteiger partial charge in [-0.2, -0.15) is 0 Å². The van der Waals surface area contributed by atoms with E-state index in [1.807, 2.05) is 0 Å². The third-order valence-electron chi connectivity index (χ3n) is 1.59. The van der Waals surface area contributed by atoms with Crippen molar-refractivity contribution >= 4 is 16.8 Å². The molecule has 0 bridgehead atoms. The number of hydrogen-bond acceptors (Lipinski definition) is 3. The summed E-state index contributed by atoms with van der Waals surface area (Å²) in [6.45, 7) is 0. The number of halogens is 4. The van der Waals surface area contributed by atoms with Gasteiger partial charge in [-0.15, -0.1) is 0 Å². The summed E-state index contributed by atoms with van der Waals surface area (Å²) in [6, 6.07) is 0.712. The molecule has 0 aliphatic rings. The number of hydrogen-bond donors (Lipinski definition) is 0. The van der Waals surface area contributed by atoms with Crippen LogP contribution in [0.1, 0.15) is 22.5 Å². The predicted octanol–water partition coefficient (Wildman–Crippen LogP) is 2.55. The van der Waals surface area contributed by atoms with Gasteiger partial charge in [-0.3, -0.25) is 4.79 Å². The molecule has 0 fully saturated rings. The van der Waals surface area contributed by atoms with Gasteiger partial charge in [-0.25, -0.2) is 18.2 Å². The first-order chi connectivity index (χ1) is 6.97. The van der Waals surface area contributed by atoms with Crippen molar-refractivity contribution in [2.24, 2.45) is 0 Å². The van der Waals surface area contributed by atoms with Crippen molar-refractivity contribution in [3.8, 4) is 5.88 Å². The summed E-state index contributed by atoms with van der Waals surface area (Å²) in [5, 5.41) is -1.26. The van der Waals surface area contributed by atoms with Gasteiger partial charge in [-0.1, -0.05) is 0 Å². The molecular formula is C8H5ClF3NO2. The number of methoxy groups -OCH3 is 1. The number of carbonyl (C=O) groups is 1. The van der Waals surface area contributed by atoms with E-state index < -0.39 is 28.7 Å². The Labute approximate surface area is 87.8 Å². The van der Waals surface area contributed by atoms with Gasteiger partial charge in [-0.05, 0) is 11.6 Å². The second-order valence-corrected chi connectivity index (χ2v) is 2.83. The highest BCUT2D eigenvalue weighted by Gasteiger charge is 2.22. The maximum absolute atomic E-state index is 13.2. The minimum atomic E-state index is -3.07. The lowest BCUT2D eigenvalue weighted by Gasteiger charge is -2.06. The molecule has 1 aromatic heterocycles. The van der Waals surface area contributed by atoms with Crippen LogP contribution in [0, 0.1) is 5.82 Å². The van der Waals surface area contributed by atoms with Gasteiger partial charge < -0.3 is 4.74 Å². The summed E-state index contributed by atoms with van der Waals surface area (Å²) in [7, 11) is 1.15. The molecule has 3 nitrogen and oxygen atoms in total. The topological polar surface area (TPSA) is 39.2 Å². The molecule has 1 rings (SSSR count). The number of pyridine rings is 1. The summed E-state index contributed by atoms with van der Waals surface area (Å²) >= 11 is 4.97. The molecule has 0 unspecified atom stereocenters. The Morgan fingerprint density at radius 3 is 2.60 bits per heavy atom. The Balaban J connectivity index is 3.40. The molecule has 0 spiro atoms. The molecule has 0 aliphatic carbocycles. The van der Waals surface area contributed by atoms with E-state index in [4.69, 9.17) is 11.6 Å². The van der Waals surface area contributed by atoms with Crippen LogP contribution in [-0.2, 0) is 0 Å². The summed E-state index contributed by atoms with van der Waals surface area (Å²) in [6.07, 6.45) is -3.07. The SMILES string of the molecule is COc1cc(C(F)F)c(F)c(C(=O)Cl)n1. The summed E-state index contributed by atoms with van der Waals surface area (Å²) < 4.78 is 42.3. The van der Waals surface area contributed by atoms with Crippen molar-refractivity contribution in [1.29, 1.82) is 0 Å². The molecule has 0 aromatic carbocycles. The van der Waals surface area contributed by atoms with E-state index in [0.717, 1.165) is 7.11 Å². The van der Waals surface area contributed by atoms with Crippen LogP contribution < -0.4 is 4.74 Å². The van der Waals surface area contributed by atoms with Gasteiger partial charge in [0.05, 0.1) is 12.7 Å². The van der Waals surface area contributed by atoms with Crippen molar-refractivity contribution in [3.05, 3.63) is 23.1 Å². The first-order valence-corrected chi connectivity index (χ1v) is 4.07. The van der Waals surface area contributed by atoms with Crippen LogP contribution in [0.25, 0.3) is 0 Å². The van der Waals surface area contributed by atoms with E-state index in [1.165, 1.54) is 0 Å². The molecule has 0 saturated carbocycles. The minimum Gasteiger partial charge on any atom is -0.481 e. The number of ether oxygens (including phenoxy) is 1. The van der Waals surface area contributed by atoms with E-state index in [9.17, 15) is 18.0 Å². The lowest BCUT2D eigenvalue weighted by atomic mass is 10.2. The second-order valence-electron chi connectivity index (χ2n) is 2.49. The first kappa shape index (κ1) is 11.8. The van der Waals surface area contributed by atoms with Crippen molar-refractivity contribution in [1.82, 2.24) is 4.98 Å². The zero-order valence-electron chi connectivity index (χ0n) is 7.43. The fourth-order valence-corrected chi connectivity index (χ4v) is 1.04. The molecule has 0 saturated heterocycles. The predicted molar refractivity (Wildman–Crippen MR) is 45.9 cm³/mol. The zero-order valence-corrected chi connectivity index (χ0v) is 8.19. The lowest BCUT2D eigenvalue weighted by Crippen LogP contribution is -2.05. The fraction of sp³-hybridized carbons (Fsp3) is 0.250. The smallest absolute Gasteiger partial charge is 0.274 e. The number of nitrogens with zero attached hydrogens (tertiary/aromatic N) is 1. The molecule has 0 amide bonds. The molecule has 0 aliphatic heterocycles. The van der Waals surface area contributed by atoms with Crippen LogP contribution >= 0.6 is 11.6 Å². The van der Waals surface area contributed by atoms with Crippen molar-refractivity contribution in [2.75, 3.05) is 7.11 Å². The van der Waals surface area contributed by atoms with Gasteiger partial charge >= 0.3 is 0 Å². The normalized spacial score (nSPS) is 10.5. The second kappa shape index (κ2) is 4.48. The third kappa shape index (κ3) is 2.38. The molecule has 15 heavy (non-hydrogen) atoms. The van der Waals surface area contributed by atoms with E-state index in [2.05, 4.69) is 9.72 Å². The third-order valence-corrected chi connectivity index (χ3v) is 1.77. The van der Waals surface area contributed by atoms with Gasteiger partial charge in [0.2, 0.25) is 5.88 Å². The van der Waals surface area contributed by atoms with Crippen LogP contribution in [0.3, 0.4) is 0 Å². The largest absolute Gasteiger partial charge is 0.481 e. The Hall–Kier alpha value is -1.30. The Morgan fingerprint density at radius 1 is 1.60 bits per heavy atom. The maximum Gasteiger partial charge on any atom is 0.274 e. The van der Waals surface area contributed by atoms with E-state index in [0.29, 0.717) is 6.07 Å². The molecule has 1 heterocycles. The summed E-state index contributed by atoms with van der Waals surface area (Å²) in [4.78, 5) is 14.0. The quantitative estimate of drug-likeness (QED) is 0.761. The Bertz CT molecular complexity index is 398. The molecule has 0 N–H and O–H groups in total. The highest BCUT2D eigenvalue weighted by atomic mass is 35.5. The zero-order chi connectivity index (χ0) is 11.6. The van der Waals surface area contributed by atoms with Crippen LogP contribution in [0.5, 0.6) is 5.88 Å². The van der Waals surface area contributed by atoms with Crippen LogP contribution in [0.4, 0.5) is 13.2 Å². The number of aromatic nitrogens is 1. The average Bonchev–Trinajstić information content (AvgIpc) is 2.17. The Kier molecular flexibility index (Phi) is 3.52. The molecular weight excluding hydrogens is 235 g/mol. The Morgan fingerprint density at radius 2 is 2.20 bits per heavy atom. The molecule has 0 atom stereocenters. The lowest BCUT2D eigenvalue weighted by molar-refractivity contribution is 0.106. The summed E-state index contributed by atoms with van der Waals surface area (Å²) in [5.74, 6) is -1.72. The van der Waals surface area contributed by atoms with Crippen molar-refractivity contribution in [2.45, 2.75) is 6.43 Å². The van der Waals surface area contributed by atoms with Gasteiger partial charge in [0.15, 0.2) is 11.5 Å². The maximum atomic E-state index is 13.2. The standard InChI is InChI=1S/C8H5ClF3NO2/c1-15-4-2-3(8(11)12)5(10)6(13-4)7(9)14/h2,8H,1H3. The summed E-state index contributed by atoms with van der Waals surface area (Å²) in [5.41, 5.74) is -1.84. The van der Waals surface area contributed by atoms with Crippen LogP contribution in [0.15, 0.2) is 6.07 Å². The molecule has 7 heteroatoms. The average molecular weight is 240 g/mol. The van der Waals surface area contributed by atoms with Gasteiger partial charge in [0, 0.05) is 6.07 Å². The number of rotatable bonds is 3. The van der Waals surface area contributed by atoms with Crippen LogP contribution in [0.2, 0.25) is 0 Å². The molecule has 82 valence electrons. The van der Waals surface area contributed by atoms with E-state index >= 15 is 0 Å².